The Kier molecular flexibility index (Phi) is 9.85. The average Bonchev–Trinajstić information content (AvgIpc) is 4.13. The van der Waals surface area contributed by atoms with Crippen molar-refractivity contribution in [2.75, 3.05) is 4.90 Å². The average molecular weight is 994 g/mol. The van der Waals surface area contributed by atoms with E-state index in [-0.39, 0.29) is 0 Å². The van der Waals surface area contributed by atoms with Gasteiger partial charge in [0.1, 0.15) is 22.7 Å². The molecule has 0 radical (unpaired) electrons. The molecule has 0 atom stereocenters. The van der Waals surface area contributed by atoms with E-state index in [9.17, 15) is 0 Å². The summed E-state index contributed by atoms with van der Waals surface area (Å²) in [6.07, 6.45) is 0. The molecule has 3 heteroatoms. The molecule has 78 heavy (non-hydrogen) atoms. The van der Waals surface area contributed by atoms with Crippen molar-refractivity contribution in [3.63, 3.8) is 0 Å². The van der Waals surface area contributed by atoms with Gasteiger partial charge in [-0.05, 0) is 138 Å². The maximum atomic E-state index is 7.22. The van der Waals surface area contributed by atoms with E-state index in [1.54, 1.807) is 0 Å². The van der Waals surface area contributed by atoms with Gasteiger partial charge < -0.3 is 14.1 Å². The van der Waals surface area contributed by atoms with Crippen molar-refractivity contribution in [3.8, 4) is 67.1 Å². The summed E-state index contributed by atoms with van der Waals surface area (Å²) in [5.41, 5.74) is 21.1. The Balaban J connectivity index is 0.782. The Labute approximate surface area is 452 Å². The lowest BCUT2D eigenvalue weighted by Gasteiger charge is -2.40. The summed E-state index contributed by atoms with van der Waals surface area (Å²) >= 11 is 0. The molecule has 1 aliphatic carbocycles. The Morgan fingerprint density at radius 3 is 1.41 bits per heavy atom. The first kappa shape index (κ1) is 44.1. The lowest BCUT2D eigenvalue weighted by Crippen LogP contribution is -2.32. The third-order valence-corrected chi connectivity index (χ3v) is 16.5. The minimum Gasteiger partial charge on any atom is -0.456 e. The number of ether oxygens (including phenoxy) is 1. The van der Waals surface area contributed by atoms with Gasteiger partial charge in [-0.1, -0.05) is 224 Å². The van der Waals surface area contributed by atoms with Crippen LogP contribution in [0.25, 0.3) is 99.1 Å². The fraction of sp³-hybridized carbons (Fsp3) is 0.0133. The third kappa shape index (κ3) is 6.78. The predicted molar refractivity (Wildman–Crippen MR) is 323 cm³/mol. The largest absolute Gasteiger partial charge is 0.456 e. The number of fused-ring (bicyclic) bond motifs is 16. The van der Waals surface area contributed by atoms with Crippen molar-refractivity contribution >= 4 is 60.5 Å². The molecule has 2 heterocycles. The summed E-state index contributed by atoms with van der Waals surface area (Å²) in [5, 5.41) is 6.81. The normalized spacial score (nSPS) is 12.8. The SMILES string of the molecule is c1ccc(-c2ccc(N(c3ccc(-c4ccc5oc6ccccc6c5c4)cc3)c3cccc(-c4ccc(-c5ccc6c(c5)C5(c7ccccc7-6)c6ccc7ccccc7c6Oc6c5ccc5ccccc65)cc4)c3)cc2)cc1. The fourth-order valence-electron chi connectivity index (χ4n) is 12.9. The molecule has 13 aromatic carbocycles. The predicted octanol–water partition coefficient (Wildman–Crippen LogP) is 20.5. The van der Waals surface area contributed by atoms with Crippen LogP contribution in [-0.4, -0.2) is 0 Å². The highest BCUT2D eigenvalue weighted by Gasteiger charge is 2.52. The monoisotopic (exact) mass is 993 g/mol. The Hall–Kier alpha value is -10.2. The second kappa shape index (κ2) is 17.4. The van der Waals surface area contributed by atoms with Gasteiger partial charge in [0.05, 0.1) is 5.41 Å². The van der Waals surface area contributed by atoms with E-state index in [4.69, 9.17) is 9.15 Å². The summed E-state index contributed by atoms with van der Waals surface area (Å²) in [5.74, 6) is 1.85. The molecule has 364 valence electrons. The molecule has 0 bridgehead atoms. The Bertz CT molecular complexity index is 4600. The molecule has 0 amide bonds. The minimum atomic E-state index is -0.614. The molecule has 2 aliphatic rings. The molecular weight excluding hydrogens is 947 g/mol. The molecule has 1 aromatic heterocycles. The maximum absolute atomic E-state index is 7.22. The van der Waals surface area contributed by atoms with Gasteiger partial charge in [-0.25, -0.2) is 0 Å². The van der Waals surface area contributed by atoms with Crippen LogP contribution in [0.4, 0.5) is 17.1 Å². The molecule has 3 nitrogen and oxygen atoms in total. The Morgan fingerprint density at radius 1 is 0.256 bits per heavy atom. The van der Waals surface area contributed by atoms with Gasteiger partial charge in [-0.3, -0.25) is 0 Å². The molecule has 0 saturated heterocycles. The van der Waals surface area contributed by atoms with Gasteiger partial charge in [0.25, 0.3) is 0 Å². The summed E-state index contributed by atoms with van der Waals surface area (Å²) in [6, 6.07) is 104. The van der Waals surface area contributed by atoms with Gasteiger partial charge in [0, 0.05) is 49.7 Å². The van der Waals surface area contributed by atoms with Crippen LogP contribution >= 0.6 is 0 Å². The van der Waals surface area contributed by atoms with Gasteiger partial charge in [-0.2, -0.15) is 0 Å². The summed E-state index contributed by atoms with van der Waals surface area (Å²) in [7, 11) is 0. The van der Waals surface area contributed by atoms with Crippen molar-refractivity contribution in [1.82, 2.24) is 0 Å². The first-order chi connectivity index (χ1) is 38.6. The van der Waals surface area contributed by atoms with E-state index >= 15 is 0 Å². The van der Waals surface area contributed by atoms with E-state index in [0.29, 0.717) is 0 Å². The molecule has 16 rings (SSSR count). The van der Waals surface area contributed by atoms with E-state index < -0.39 is 5.41 Å². The highest BCUT2D eigenvalue weighted by Crippen LogP contribution is 2.64. The molecule has 1 aliphatic heterocycles. The zero-order chi connectivity index (χ0) is 51.3. The number of hydrogen-bond acceptors (Lipinski definition) is 3. The molecular formula is C75H47NO2. The highest BCUT2D eigenvalue weighted by atomic mass is 16.5. The molecule has 14 aromatic rings. The van der Waals surface area contributed by atoms with E-state index in [1.165, 1.54) is 50.1 Å². The van der Waals surface area contributed by atoms with Crippen LogP contribution in [-0.2, 0) is 5.41 Å². The molecule has 0 N–H and O–H groups in total. The van der Waals surface area contributed by atoms with Crippen LogP contribution in [0, 0.1) is 0 Å². The zero-order valence-corrected chi connectivity index (χ0v) is 42.4. The number of rotatable bonds is 7. The van der Waals surface area contributed by atoms with Crippen LogP contribution in [0.15, 0.2) is 290 Å². The van der Waals surface area contributed by atoms with E-state index in [2.05, 4.69) is 278 Å². The van der Waals surface area contributed by atoms with Crippen molar-refractivity contribution in [1.29, 1.82) is 0 Å². The third-order valence-electron chi connectivity index (χ3n) is 16.5. The Morgan fingerprint density at radius 2 is 0.731 bits per heavy atom. The zero-order valence-electron chi connectivity index (χ0n) is 42.4. The van der Waals surface area contributed by atoms with Crippen LogP contribution in [0.5, 0.6) is 11.5 Å². The first-order valence-corrected chi connectivity index (χ1v) is 26.8. The van der Waals surface area contributed by atoms with Gasteiger partial charge in [0.2, 0.25) is 0 Å². The molecule has 0 unspecified atom stereocenters. The number of nitrogens with zero attached hydrogens (tertiary/aromatic N) is 1. The molecule has 1 spiro atoms. The van der Waals surface area contributed by atoms with Crippen molar-refractivity contribution in [2.45, 2.75) is 5.41 Å². The fourth-order valence-corrected chi connectivity index (χ4v) is 12.9. The number of hydrogen-bond donors (Lipinski definition) is 0. The van der Waals surface area contributed by atoms with Crippen molar-refractivity contribution in [2.24, 2.45) is 0 Å². The summed E-state index contributed by atoms with van der Waals surface area (Å²) in [6.45, 7) is 0. The number of benzene rings is 13. The number of para-hydroxylation sites is 1. The van der Waals surface area contributed by atoms with Crippen LogP contribution in [0.1, 0.15) is 22.3 Å². The van der Waals surface area contributed by atoms with Gasteiger partial charge in [0.15, 0.2) is 0 Å². The summed E-state index contributed by atoms with van der Waals surface area (Å²) in [4.78, 5) is 2.36. The minimum absolute atomic E-state index is 0.614. The quantitative estimate of drug-likeness (QED) is 0.159. The van der Waals surface area contributed by atoms with E-state index in [1.807, 2.05) is 12.1 Å². The van der Waals surface area contributed by atoms with E-state index in [0.717, 1.165) is 99.9 Å². The lowest BCUT2D eigenvalue weighted by molar-refractivity contribution is 0.447. The summed E-state index contributed by atoms with van der Waals surface area (Å²) < 4.78 is 13.4. The highest BCUT2D eigenvalue weighted by molar-refractivity contribution is 6.06. The first-order valence-electron chi connectivity index (χ1n) is 26.8. The van der Waals surface area contributed by atoms with Crippen LogP contribution in [0.3, 0.4) is 0 Å². The molecule has 0 fully saturated rings. The molecule has 0 saturated carbocycles. The second-order valence-electron chi connectivity index (χ2n) is 20.7. The topological polar surface area (TPSA) is 25.6 Å². The van der Waals surface area contributed by atoms with Crippen LogP contribution < -0.4 is 9.64 Å². The lowest BCUT2D eigenvalue weighted by atomic mass is 9.65. The smallest absolute Gasteiger partial charge is 0.140 e. The van der Waals surface area contributed by atoms with Gasteiger partial charge in [-0.15, -0.1) is 0 Å². The number of anilines is 3. The van der Waals surface area contributed by atoms with Crippen LogP contribution in [0.2, 0.25) is 0 Å². The second-order valence-corrected chi connectivity index (χ2v) is 20.7. The van der Waals surface area contributed by atoms with Crippen molar-refractivity contribution in [3.05, 3.63) is 307 Å². The maximum Gasteiger partial charge on any atom is 0.140 e. The standard InChI is InChI=1S/C75H47NO2/c1-2-13-48(14-3-1)49-29-37-58(38-30-49)76(59-39-31-52(32-40-59)56-36-44-72-66(46-56)65-22-9-11-24-71(65)77-72)60-18-12-17-55(45-60)50-25-27-51(28-26-50)57-33-41-64-63-21-8-10-23-67(63)75(70(64)47-57)68-42-34-53-15-4-6-19-61(53)73(68)78-74-62-20-7-5-16-54(62)35-43-69(74)75/h1-47H. The van der Waals surface area contributed by atoms with Crippen molar-refractivity contribution < 1.29 is 9.15 Å². The number of furan rings is 1. The van der Waals surface area contributed by atoms with Gasteiger partial charge >= 0.3 is 0 Å².